The second kappa shape index (κ2) is 6.68. The van der Waals surface area contributed by atoms with E-state index in [0.717, 1.165) is 26.2 Å². The summed E-state index contributed by atoms with van der Waals surface area (Å²) in [7, 11) is 2.23. The molecule has 0 amide bonds. The molecule has 2 atom stereocenters. The zero-order valence-electron chi connectivity index (χ0n) is 12.5. The highest BCUT2D eigenvalue weighted by atomic mass is 32.1. The van der Waals surface area contributed by atoms with Crippen LogP contribution in [0.15, 0.2) is 6.20 Å². The van der Waals surface area contributed by atoms with E-state index in [9.17, 15) is 0 Å². The summed E-state index contributed by atoms with van der Waals surface area (Å²) >= 11 is 1.84. The van der Waals surface area contributed by atoms with Crippen LogP contribution in [0.5, 0.6) is 0 Å². The molecular formula is C14H26N4S. The minimum Gasteiger partial charge on any atom is -0.345 e. The van der Waals surface area contributed by atoms with Crippen LogP contribution in [0.25, 0.3) is 0 Å². The molecule has 1 saturated heterocycles. The summed E-state index contributed by atoms with van der Waals surface area (Å²) in [6.45, 7) is 11.0. The normalized spacial score (nSPS) is 22.7. The van der Waals surface area contributed by atoms with Gasteiger partial charge in [0.05, 0.1) is 0 Å². The van der Waals surface area contributed by atoms with E-state index in [1.807, 2.05) is 17.5 Å². The van der Waals surface area contributed by atoms with Gasteiger partial charge in [0, 0.05) is 42.8 Å². The van der Waals surface area contributed by atoms with E-state index in [4.69, 9.17) is 0 Å². The smallest absolute Gasteiger partial charge is 0.185 e. The van der Waals surface area contributed by atoms with E-state index < -0.39 is 0 Å². The molecule has 108 valence electrons. The first-order valence-corrected chi connectivity index (χ1v) is 8.11. The zero-order valence-corrected chi connectivity index (χ0v) is 13.3. The lowest BCUT2D eigenvalue weighted by Gasteiger charge is -2.39. The summed E-state index contributed by atoms with van der Waals surface area (Å²) in [5, 5.41) is 4.64. The van der Waals surface area contributed by atoms with Gasteiger partial charge in [-0.1, -0.05) is 13.8 Å². The Labute approximate surface area is 120 Å². The number of aromatic nitrogens is 1. The number of nitrogens with one attached hydrogen (secondary N) is 1. The Kier molecular flexibility index (Phi) is 5.19. The van der Waals surface area contributed by atoms with E-state index >= 15 is 0 Å². The topological polar surface area (TPSA) is 31.4 Å². The number of likely N-dealkylation sites (N-methyl/N-ethyl adjacent to an activating group) is 1. The van der Waals surface area contributed by atoms with Crippen LogP contribution in [0, 0.1) is 0 Å². The monoisotopic (exact) mass is 282 g/mol. The lowest BCUT2D eigenvalue weighted by atomic mass is 10.1. The summed E-state index contributed by atoms with van der Waals surface area (Å²) in [5.41, 5.74) is 0. The maximum Gasteiger partial charge on any atom is 0.185 e. The quantitative estimate of drug-likeness (QED) is 0.898. The van der Waals surface area contributed by atoms with Crippen molar-refractivity contribution in [3.63, 3.8) is 0 Å². The van der Waals surface area contributed by atoms with Crippen molar-refractivity contribution in [1.82, 2.24) is 15.2 Å². The van der Waals surface area contributed by atoms with Crippen molar-refractivity contribution in [2.24, 2.45) is 0 Å². The van der Waals surface area contributed by atoms with Crippen LogP contribution in [0.4, 0.5) is 5.13 Å². The van der Waals surface area contributed by atoms with Crippen LogP contribution in [0.3, 0.4) is 0 Å². The second-order valence-corrected chi connectivity index (χ2v) is 6.35. The molecule has 0 spiro atoms. The van der Waals surface area contributed by atoms with Crippen LogP contribution in [-0.2, 0) is 0 Å². The molecule has 1 aliphatic heterocycles. The van der Waals surface area contributed by atoms with Crippen molar-refractivity contribution in [1.29, 1.82) is 0 Å². The van der Waals surface area contributed by atoms with Gasteiger partial charge >= 0.3 is 0 Å². The standard InChI is InChI=1S/C14H26N4S/c1-5-12-10-18(8-7-17(12)4)14-16-9-13(19-14)11(3)15-6-2/h9,11-12,15H,5-8,10H2,1-4H3. The Morgan fingerprint density at radius 1 is 1.47 bits per heavy atom. The molecule has 0 bridgehead atoms. The summed E-state index contributed by atoms with van der Waals surface area (Å²) in [4.78, 5) is 10.9. The lowest BCUT2D eigenvalue weighted by Crippen LogP contribution is -2.51. The van der Waals surface area contributed by atoms with Crippen LogP contribution >= 0.6 is 11.3 Å². The van der Waals surface area contributed by atoms with Gasteiger partial charge in [0.25, 0.3) is 0 Å². The maximum atomic E-state index is 4.62. The SMILES string of the molecule is CCNC(C)c1cnc(N2CCN(C)C(CC)C2)s1. The van der Waals surface area contributed by atoms with E-state index in [2.05, 4.69) is 47.9 Å². The van der Waals surface area contributed by atoms with Crippen LogP contribution < -0.4 is 10.2 Å². The molecule has 1 N–H and O–H groups in total. The fraction of sp³-hybridized carbons (Fsp3) is 0.786. The number of thiazole rings is 1. The average Bonchev–Trinajstić information content (AvgIpc) is 2.89. The third-order valence-corrected chi connectivity index (χ3v) is 5.21. The molecule has 0 radical (unpaired) electrons. The minimum absolute atomic E-state index is 0.408. The Balaban J connectivity index is 2.02. The molecule has 5 heteroatoms. The molecule has 2 unspecified atom stereocenters. The summed E-state index contributed by atoms with van der Waals surface area (Å²) in [6, 6.07) is 1.07. The predicted molar refractivity (Wildman–Crippen MR) is 83.1 cm³/mol. The molecular weight excluding hydrogens is 256 g/mol. The molecule has 0 saturated carbocycles. The van der Waals surface area contributed by atoms with Gasteiger partial charge in [-0.15, -0.1) is 11.3 Å². The Hall–Kier alpha value is -0.650. The molecule has 19 heavy (non-hydrogen) atoms. The predicted octanol–water partition coefficient (Wildman–Crippen LogP) is 2.34. The zero-order chi connectivity index (χ0) is 13.8. The van der Waals surface area contributed by atoms with Crippen molar-refractivity contribution in [2.75, 3.05) is 38.1 Å². The van der Waals surface area contributed by atoms with Crippen LogP contribution in [0.1, 0.15) is 38.1 Å². The van der Waals surface area contributed by atoms with Gasteiger partial charge in [0.2, 0.25) is 0 Å². The van der Waals surface area contributed by atoms with Crippen molar-refractivity contribution in [2.45, 2.75) is 39.3 Å². The number of hydrogen-bond acceptors (Lipinski definition) is 5. The minimum atomic E-state index is 0.408. The Morgan fingerprint density at radius 2 is 2.26 bits per heavy atom. The summed E-state index contributed by atoms with van der Waals surface area (Å²) in [5.74, 6) is 0. The van der Waals surface area contributed by atoms with Gasteiger partial charge < -0.3 is 10.2 Å². The highest BCUT2D eigenvalue weighted by Gasteiger charge is 2.24. The fourth-order valence-electron chi connectivity index (χ4n) is 2.59. The van der Waals surface area contributed by atoms with E-state index in [1.165, 1.54) is 16.4 Å². The van der Waals surface area contributed by atoms with Crippen LogP contribution in [-0.4, -0.2) is 49.2 Å². The number of piperazine rings is 1. The van der Waals surface area contributed by atoms with Gasteiger partial charge in [-0.05, 0) is 26.9 Å². The van der Waals surface area contributed by atoms with E-state index in [-0.39, 0.29) is 0 Å². The lowest BCUT2D eigenvalue weighted by molar-refractivity contribution is 0.213. The Morgan fingerprint density at radius 3 is 2.95 bits per heavy atom. The van der Waals surface area contributed by atoms with Crippen molar-refractivity contribution in [3.05, 3.63) is 11.1 Å². The first kappa shape index (κ1) is 14.8. The van der Waals surface area contributed by atoms with Crippen molar-refractivity contribution in [3.8, 4) is 0 Å². The van der Waals surface area contributed by atoms with Crippen molar-refractivity contribution >= 4 is 16.5 Å². The molecule has 0 aliphatic carbocycles. The third kappa shape index (κ3) is 3.46. The van der Waals surface area contributed by atoms with Crippen LogP contribution in [0.2, 0.25) is 0 Å². The highest BCUT2D eigenvalue weighted by molar-refractivity contribution is 7.15. The van der Waals surface area contributed by atoms with E-state index in [0.29, 0.717) is 12.1 Å². The molecule has 4 nitrogen and oxygen atoms in total. The fourth-order valence-corrected chi connectivity index (χ4v) is 3.57. The Bertz CT molecular complexity index is 393. The molecule has 2 heterocycles. The molecule has 1 aromatic rings. The third-order valence-electron chi connectivity index (χ3n) is 3.97. The number of anilines is 1. The molecule has 1 aromatic heterocycles. The molecule has 2 rings (SSSR count). The van der Waals surface area contributed by atoms with Crippen molar-refractivity contribution < 1.29 is 0 Å². The van der Waals surface area contributed by atoms with Gasteiger partial charge in [-0.2, -0.15) is 0 Å². The average molecular weight is 282 g/mol. The second-order valence-electron chi connectivity index (χ2n) is 5.31. The molecule has 1 aliphatic rings. The number of nitrogens with zero attached hydrogens (tertiary/aromatic N) is 3. The first-order valence-electron chi connectivity index (χ1n) is 7.30. The summed E-state index contributed by atoms with van der Waals surface area (Å²) in [6.07, 6.45) is 3.24. The maximum absolute atomic E-state index is 4.62. The summed E-state index contributed by atoms with van der Waals surface area (Å²) < 4.78 is 0. The van der Waals surface area contributed by atoms with E-state index in [1.54, 1.807) is 0 Å². The molecule has 0 aromatic carbocycles. The van der Waals surface area contributed by atoms with Gasteiger partial charge in [0.15, 0.2) is 5.13 Å². The number of rotatable bonds is 5. The molecule has 1 fully saturated rings. The van der Waals surface area contributed by atoms with Gasteiger partial charge in [-0.25, -0.2) is 4.98 Å². The van der Waals surface area contributed by atoms with Gasteiger partial charge in [-0.3, -0.25) is 4.90 Å². The van der Waals surface area contributed by atoms with Gasteiger partial charge in [0.1, 0.15) is 0 Å². The highest BCUT2D eigenvalue weighted by Crippen LogP contribution is 2.28. The number of hydrogen-bond donors (Lipinski definition) is 1. The largest absolute Gasteiger partial charge is 0.345 e. The first-order chi connectivity index (χ1) is 9.15.